The van der Waals surface area contributed by atoms with Crippen LogP contribution in [0.2, 0.25) is 0 Å². The third-order valence-corrected chi connectivity index (χ3v) is 9.83. The topological polar surface area (TPSA) is 69.7 Å². The summed E-state index contributed by atoms with van der Waals surface area (Å²) in [6.07, 6.45) is 9.38. The van der Waals surface area contributed by atoms with Crippen molar-refractivity contribution in [3.8, 4) is 0 Å². The molecule has 2 aromatic carbocycles. The predicted octanol–water partition coefficient (Wildman–Crippen LogP) is 8.43. The number of rotatable bonds is 4. The van der Waals surface area contributed by atoms with E-state index in [2.05, 4.69) is 0 Å². The Kier molecular flexibility index (Phi) is 7.02. The van der Waals surface area contributed by atoms with Crippen LogP contribution in [0.1, 0.15) is 99.3 Å². The summed E-state index contributed by atoms with van der Waals surface area (Å²) in [4.78, 5) is 40.9. The van der Waals surface area contributed by atoms with Gasteiger partial charge in [-0.25, -0.2) is 4.79 Å². The molecule has 0 unspecified atom stereocenters. The van der Waals surface area contributed by atoms with Gasteiger partial charge in [-0.05, 0) is 72.6 Å². The molecule has 40 heavy (non-hydrogen) atoms. The Labute approximate surface area is 236 Å². The van der Waals surface area contributed by atoms with Gasteiger partial charge in [0.25, 0.3) is 0 Å². The zero-order valence-corrected chi connectivity index (χ0v) is 23.6. The molecule has 0 atom stereocenters. The van der Waals surface area contributed by atoms with E-state index in [1.165, 1.54) is 0 Å². The molecule has 0 amide bonds. The monoisotopic (exact) mass is 538 g/mol. The summed E-state index contributed by atoms with van der Waals surface area (Å²) in [6, 6.07) is 15.5. The lowest BCUT2D eigenvalue weighted by atomic mass is 9.71. The van der Waals surface area contributed by atoms with Crippen molar-refractivity contribution < 1.29 is 23.9 Å². The van der Waals surface area contributed by atoms with Crippen molar-refractivity contribution in [3.63, 3.8) is 0 Å². The predicted molar refractivity (Wildman–Crippen MR) is 154 cm³/mol. The van der Waals surface area contributed by atoms with E-state index in [1.54, 1.807) is 0 Å². The first kappa shape index (κ1) is 26.7. The van der Waals surface area contributed by atoms with Crippen LogP contribution in [0.3, 0.4) is 0 Å². The van der Waals surface area contributed by atoms with Crippen LogP contribution < -0.4 is 0 Å². The molecule has 6 rings (SSSR count). The number of carbonyl (C=O) groups excluding carboxylic acids is 3. The van der Waals surface area contributed by atoms with Gasteiger partial charge in [-0.15, -0.1) is 0 Å². The summed E-state index contributed by atoms with van der Waals surface area (Å²) in [7, 11) is 0. The summed E-state index contributed by atoms with van der Waals surface area (Å²) in [5.41, 5.74) is 4.22. The van der Waals surface area contributed by atoms with Crippen LogP contribution in [0.5, 0.6) is 0 Å². The average molecular weight is 539 g/mol. The number of ketones is 2. The number of aryl methyl sites for hydroxylation is 2. The summed E-state index contributed by atoms with van der Waals surface area (Å²) < 4.78 is 12.1. The quantitative estimate of drug-likeness (QED) is 0.365. The minimum Gasteiger partial charge on any atom is -0.398 e. The SMILES string of the molecule is Cc1ccccc1C1=C(OC(=O)OC2=C(c3ccccc3C)C(=O)CC3(CCCC3)C2)CC2(CCCC2)CC1=O. The molecular formula is C35H38O5. The molecular weight excluding hydrogens is 500 g/mol. The van der Waals surface area contributed by atoms with E-state index in [0.717, 1.165) is 73.6 Å². The van der Waals surface area contributed by atoms with Crippen LogP contribution >= 0.6 is 0 Å². The Morgan fingerprint density at radius 2 is 0.975 bits per heavy atom. The van der Waals surface area contributed by atoms with Crippen molar-refractivity contribution in [1.82, 2.24) is 0 Å². The third-order valence-electron chi connectivity index (χ3n) is 9.83. The minimum absolute atomic E-state index is 0.0304. The first-order valence-corrected chi connectivity index (χ1v) is 14.8. The van der Waals surface area contributed by atoms with Crippen LogP contribution in [0, 0.1) is 24.7 Å². The summed E-state index contributed by atoms with van der Waals surface area (Å²) in [5.74, 6) is 0.882. The highest BCUT2D eigenvalue weighted by Crippen LogP contribution is 2.53. The van der Waals surface area contributed by atoms with Gasteiger partial charge in [-0.1, -0.05) is 74.2 Å². The van der Waals surface area contributed by atoms with Crippen LogP contribution in [0.15, 0.2) is 60.0 Å². The molecule has 208 valence electrons. The van der Waals surface area contributed by atoms with Gasteiger partial charge < -0.3 is 9.47 Å². The molecule has 0 aromatic heterocycles. The highest BCUT2D eigenvalue weighted by Gasteiger charge is 2.46. The molecule has 0 radical (unpaired) electrons. The van der Waals surface area contributed by atoms with Crippen LogP contribution in [-0.4, -0.2) is 17.7 Å². The van der Waals surface area contributed by atoms with Gasteiger partial charge >= 0.3 is 6.16 Å². The Morgan fingerprint density at radius 3 is 1.35 bits per heavy atom. The van der Waals surface area contributed by atoms with E-state index >= 15 is 0 Å². The molecule has 0 saturated heterocycles. The Hall–Kier alpha value is -3.47. The molecule has 0 heterocycles. The molecule has 5 nitrogen and oxygen atoms in total. The molecule has 2 aromatic rings. The Morgan fingerprint density at radius 1 is 0.600 bits per heavy atom. The van der Waals surface area contributed by atoms with Crippen LogP contribution in [0.25, 0.3) is 11.1 Å². The molecule has 0 N–H and O–H groups in total. The second-order valence-electron chi connectivity index (χ2n) is 12.6. The van der Waals surface area contributed by atoms with Gasteiger partial charge in [-0.3, -0.25) is 9.59 Å². The molecule has 2 fully saturated rings. The smallest absolute Gasteiger partial charge is 0.398 e. The molecule has 4 aliphatic carbocycles. The van der Waals surface area contributed by atoms with Crippen molar-refractivity contribution >= 4 is 28.9 Å². The van der Waals surface area contributed by atoms with E-state index in [4.69, 9.17) is 9.47 Å². The van der Waals surface area contributed by atoms with E-state index in [0.29, 0.717) is 48.3 Å². The fraction of sp³-hybridized carbons (Fsp3) is 0.457. The molecule has 0 aliphatic heterocycles. The number of benzene rings is 2. The first-order chi connectivity index (χ1) is 19.3. The largest absolute Gasteiger partial charge is 0.518 e. The lowest BCUT2D eigenvalue weighted by molar-refractivity contribution is -0.117. The number of Topliss-reactive ketones (excluding diaryl/α,β-unsaturated/α-hetero) is 2. The number of hydrogen-bond donors (Lipinski definition) is 0. The van der Waals surface area contributed by atoms with Crippen molar-refractivity contribution in [2.75, 3.05) is 0 Å². The molecule has 2 saturated carbocycles. The fourth-order valence-corrected chi connectivity index (χ4v) is 7.81. The molecule has 5 heteroatoms. The maximum absolute atomic E-state index is 13.6. The fourth-order valence-electron chi connectivity index (χ4n) is 7.81. The van der Waals surface area contributed by atoms with Crippen molar-refractivity contribution in [1.29, 1.82) is 0 Å². The summed E-state index contributed by atoms with van der Waals surface area (Å²) >= 11 is 0. The van der Waals surface area contributed by atoms with E-state index < -0.39 is 6.16 Å². The average Bonchev–Trinajstić information content (AvgIpc) is 3.55. The highest BCUT2D eigenvalue weighted by molar-refractivity contribution is 6.23. The van der Waals surface area contributed by atoms with Gasteiger partial charge in [0.1, 0.15) is 11.5 Å². The normalized spacial score (nSPS) is 21.9. The Bertz CT molecular complexity index is 1320. The van der Waals surface area contributed by atoms with Gasteiger partial charge in [0.15, 0.2) is 11.6 Å². The third kappa shape index (κ3) is 4.95. The number of ether oxygens (including phenoxy) is 2. The van der Waals surface area contributed by atoms with Crippen molar-refractivity contribution in [2.24, 2.45) is 10.8 Å². The maximum atomic E-state index is 13.6. The minimum atomic E-state index is -0.854. The second kappa shape index (κ2) is 10.5. The number of hydrogen-bond acceptors (Lipinski definition) is 5. The maximum Gasteiger partial charge on any atom is 0.518 e. The van der Waals surface area contributed by atoms with Crippen molar-refractivity contribution in [2.45, 2.75) is 90.9 Å². The van der Waals surface area contributed by atoms with Crippen LogP contribution in [0.4, 0.5) is 4.79 Å². The summed E-state index contributed by atoms with van der Waals surface area (Å²) in [5, 5.41) is 0. The van der Waals surface area contributed by atoms with Crippen LogP contribution in [-0.2, 0) is 19.1 Å². The van der Waals surface area contributed by atoms with Gasteiger partial charge in [0.05, 0.1) is 11.1 Å². The summed E-state index contributed by atoms with van der Waals surface area (Å²) in [6.45, 7) is 3.94. The lowest BCUT2D eigenvalue weighted by Crippen LogP contribution is -2.31. The second-order valence-corrected chi connectivity index (χ2v) is 12.6. The van der Waals surface area contributed by atoms with Gasteiger partial charge in [-0.2, -0.15) is 0 Å². The standard InChI is InChI=1S/C35H38O5/c1-23-11-3-5-13-25(23)31-27(36)19-34(15-7-8-16-34)21-29(31)39-33(38)40-30-22-35(17-9-10-18-35)20-28(37)32(30)26-14-6-4-12-24(26)2/h3-6,11-14H,7-10,15-22H2,1-2H3. The van der Waals surface area contributed by atoms with Gasteiger partial charge in [0.2, 0.25) is 0 Å². The molecule has 2 spiro atoms. The van der Waals surface area contributed by atoms with Crippen molar-refractivity contribution in [3.05, 3.63) is 82.3 Å². The highest BCUT2D eigenvalue weighted by atomic mass is 16.7. The number of carbonyl (C=O) groups is 3. The zero-order valence-electron chi connectivity index (χ0n) is 23.6. The molecule has 0 bridgehead atoms. The zero-order chi connectivity index (χ0) is 27.9. The lowest BCUT2D eigenvalue weighted by Gasteiger charge is -2.36. The van der Waals surface area contributed by atoms with E-state index in [1.807, 2.05) is 62.4 Å². The molecule has 4 aliphatic rings. The van der Waals surface area contributed by atoms with E-state index in [9.17, 15) is 14.4 Å². The van der Waals surface area contributed by atoms with E-state index in [-0.39, 0.29) is 22.4 Å². The van der Waals surface area contributed by atoms with Gasteiger partial charge in [0, 0.05) is 25.7 Å². The number of allylic oxidation sites excluding steroid dienone is 4. The first-order valence-electron chi connectivity index (χ1n) is 14.8. The Balaban J connectivity index is 1.37.